The first-order valence-electron chi connectivity index (χ1n) is 8.90. The van der Waals surface area contributed by atoms with Crippen molar-refractivity contribution in [3.05, 3.63) is 35.2 Å². The van der Waals surface area contributed by atoms with Gasteiger partial charge in [-0.2, -0.15) is 4.98 Å². The highest BCUT2D eigenvalue weighted by Gasteiger charge is 2.58. The van der Waals surface area contributed by atoms with Crippen LogP contribution in [0.3, 0.4) is 0 Å². The number of methoxy groups -OCH3 is 1. The van der Waals surface area contributed by atoms with Crippen molar-refractivity contribution in [1.82, 2.24) is 20.8 Å². The number of halogens is 2. The summed E-state index contributed by atoms with van der Waals surface area (Å²) in [5.74, 6) is 1.71. The number of ether oxygens (including phenoxy) is 1. The minimum Gasteiger partial charge on any atom is -0.378 e. The van der Waals surface area contributed by atoms with Gasteiger partial charge in [0.15, 0.2) is 5.96 Å². The van der Waals surface area contributed by atoms with Crippen molar-refractivity contribution in [3.8, 4) is 11.4 Å². The molecule has 9 heteroatoms. The molecule has 2 atom stereocenters. The average Bonchev–Trinajstić information content (AvgIpc) is 3.13. The van der Waals surface area contributed by atoms with E-state index in [0.29, 0.717) is 29.2 Å². The maximum absolute atomic E-state index is 5.91. The van der Waals surface area contributed by atoms with Crippen LogP contribution in [0, 0.1) is 5.41 Å². The van der Waals surface area contributed by atoms with Gasteiger partial charge in [0.05, 0.1) is 12.1 Å². The molecule has 2 N–H and O–H groups in total. The second-order valence-electron chi connectivity index (χ2n) is 7.50. The largest absolute Gasteiger partial charge is 0.378 e. The number of hydrogen-bond acceptors (Lipinski definition) is 5. The van der Waals surface area contributed by atoms with E-state index in [1.807, 2.05) is 12.1 Å². The van der Waals surface area contributed by atoms with Crippen molar-refractivity contribution in [2.24, 2.45) is 10.4 Å². The molecule has 0 aliphatic heterocycles. The van der Waals surface area contributed by atoms with Crippen LogP contribution in [0.15, 0.2) is 33.8 Å². The van der Waals surface area contributed by atoms with Gasteiger partial charge in [0, 0.05) is 36.2 Å². The van der Waals surface area contributed by atoms with E-state index < -0.39 is 0 Å². The predicted octanol–water partition coefficient (Wildman–Crippen LogP) is 3.88. The summed E-state index contributed by atoms with van der Waals surface area (Å²) in [6.45, 7) is 6.91. The van der Waals surface area contributed by atoms with Crippen LogP contribution in [0.5, 0.6) is 0 Å². The summed E-state index contributed by atoms with van der Waals surface area (Å²) < 4.78 is 11.0. The summed E-state index contributed by atoms with van der Waals surface area (Å²) >= 11 is 5.91. The monoisotopic (exact) mass is 519 g/mol. The van der Waals surface area contributed by atoms with Crippen LogP contribution < -0.4 is 10.6 Å². The zero-order valence-corrected chi connectivity index (χ0v) is 19.8. The van der Waals surface area contributed by atoms with Crippen LogP contribution in [-0.4, -0.2) is 41.9 Å². The van der Waals surface area contributed by atoms with Gasteiger partial charge in [-0.25, -0.2) is 0 Å². The predicted molar refractivity (Wildman–Crippen MR) is 121 cm³/mol. The zero-order chi connectivity index (χ0) is 19.7. The number of nitrogens with one attached hydrogen (secondary N) is 2. The zero-order valence-electron chi connectivity index (χ0n) is 16.7. The minimum atomic E-state index is -0.135. The fourth-order valence-corrected chi connectivity index (χ4v) is 3.41. The topological polar surface area (TPSA) is 84.6 Å². The van der Waals surface area contributed by atoms with E-state index in [9.17, 15) is 0 Å². The maximum Gasteiger partial charge on any atom is 0.246 e. The summed E-state index contributed by atoms with van der Waals surface area (Å²) in [4.78, 5) is 8.70. The normalized spacial score (nSPS) is 23.5. The summed E-state index contributed by atoms with van der Waals surface area (Å²) in [6.07, 6.45) is 0.915. The fraction of sp³-hybridized carbons (Fsp3) is 0.526. The summed E-state index contributed by atoms with van der Waals surface area (Å²) in [5.41, 5.74) is 0.710. The Morgan fingerprint density at radius 1 is 1.32 bits per heavy atom. The van der Waals surface area contributed by atoms with Crippen molar-refractivity contribution in [3.63, 3.8) is 0 Å². The molecule has 0 spiro atoms. The third-order valence-electron chi connectivity index (χ3n) is 5.79. The quantitative estimate of drug-likeness (QED) is 0.354. The highest BCUT2D eigenvalue weighted by Crippen LogP contribution is 2.51. The second-order valence-corrected chi connectivity index (χ2v) is 7.94. The molecule has 1 fully saturated rings. The van der Waals surface area contributed by atoms with Gasteiger partial charge in [0.25, 0.3) is 0 Å². The van der Waals surface area contributed by atoms with E-state index in [1.165, 1.54) is 0 Å². The van der Waals surface area contributed by atoms with E-state index in [-0.39, 0.29) is 41.0 Å². The molecular formula is C19H27ClIN5O2. The molecule has 1 aliphatic carbocycles. The molecule has 2 unspecified atom stereocenters. The SMILES string of the molecule is CN=C(NCc1nc(-c2ccc(Cl)cc2)no1)NC1CC(C)(OC)C1(C)C.I. The third kappa shape index (κ3) is 4.44. The minimum absolute atomic E-state index is 0. The molecule has 3 rings (SSSR count). The summed E-state index contributed by atoms with van der Waals surface area (Å²) in [5, 5.41) is 11.4. The lowest BCUT2D eigenvalue weighted by atomic mass is 9.56. The lowest BCUT2D eigenvalue weighted by Gasteiger charge is -2.59. The number of benzene rings is 1. The molecule has 0 radical (unpaired) electrons. The summed E-state index contributed by atoms with van der Waals surface area (Å²) in [6, 6.07) is 7.57. The standard InChI is InChI=1S/C19H26ClN5O2.HI/c1-18(2)14(10-19(18,3)26-5)23-17(21-4)22-11-15-24-16(25-27-15)12-6-8-13(20)9-7-12;/h6-9,14H,10-11H2,1-5H3,(H2,21,22,23);1H. The molecule has 1 heterocycles. The second kappa shape index (κ2) is 8.96. The van der Waals surface area contributed by atoms with Crippen LogP contribution >= 0.6 is 35.6 Å². The lowest BCUT2D eigenvalue weighted by Crippen LogP contribution is -2.69. The van der Waals surface area contributed by atoms with Gasteiger partial charge in [-0.1, -0.05) is 30.6 Å². The van der Waals surface area contributed by atoms with Gasteiger partial charge in [0.2, 0.25) is 11.7 Å². The van der Waals surface area contributed by atoms with E-state index in [0.717, 1.165) is 12.0 Å². The van der Waals surface area contributed by atoms with E-state index in [2.05, 4.69) is 46.5 Å². The first-order valence-corrected chi connectivity index (χ1v) is 9.28. The number of hydrogen-bond donors (Lipinski definition) is 2. The number of rotatable bonds is 5. The maximum atomic E-state index is 5.91. The molecule has 2 aromatic rings. The Morgan fingerprint density at radius 2 is 2.00 bits per heavy atom. The Labute approximate surface area is 187 Å². The average molecular weight is 520 g/mol. The molecular weight excluding hydrogens is 493 g/mol. The first-order chi connectivity index (χ1) is 12.8. The molecule has 0 amide bonds. The Hall–Kier alpha value is -1.39. The molecule has 28 heavy (non-hydrogen) atoms. The van der Waals surface area contributed by atoms with Crippen molar-refractivity contribution in [2.45, 2.75) is 45.4 Å². The Bertz CT molecular complexity index is 824. The van der Waals surface area contributed by atoms with Gasteiger partial charge >= 0.3 is 0 Å². The van der Waals surface area contributed by atoms with Crippen molar-refractivity contribution in [1.29, 1.82) is 0 Å². The van der Waals surface area contributed by atoms with Gasteiger partial charge in [-0.15, -0.1) is 24.0 Å². The van der Waals surface area contributed by atoms with Crippen LogP contribution in [-0.2, 0) is 11.3 Å². The van der Waals surface area contributed by atoms with Crippen LogP contribution in [0.2, 0.25) is 5.02 Å². The van der Waals surface area contributed by atoms with Crippen molar-refractivity contribution in [2.75, 3.05) is 14.2 Å². The molecule has 154 valence electrons. The highest BCUT2D eigenvalue weighted by atomic mass is 127. The van der Waals surface area contributed by atoms with Crippen LogP contribution in [0.1, 0.15) is 33.1 Å². The van der Waals surface area contributed by atoms with Crippen molar-refractivity contribution >= 4 is 41.5 Å². The molecule has 0 saturated heterocycles. The summed E-state index contributed by atoms with van der Waals surface area (Å²) in [7, 11) is 3.50. The number of nitrogens with zero attached hydrogens (tertiary/aromatic N) is 3. The van der Waals surface area contributed by atoms with E-state index in [4.69, 9.17) is 20.9 Å². The molecule has 1 saturated carbocycles. The molecule has 0 bridgehead atoms. The Balaban J connectivity index is 0.00000280. The number of aromatic nitrogens is 2. The smallest absolute Gasteiger partial charge is 0.246 e. The highest BCUT2D eigenvalue weighted by molar-refractivity contribution is 14.0. The number of guanidine groups is 1. The van der Waals surface area contributed by atoms with Crippen molar-refractivity contribution < 1.29 is 9.26 Å². The lowest BCUT2D eigenvalue weighted by molar-refractivity contribution is -0.176. The Morgan fingerprint density at radius 3 is 2.57 bits per heavy atom. The Kier molecular flexibility index (Phi) is 7.33. The van der Waals surface area contributed by atoms with Gasteiger partial charge < -0.3 is 19.9 Å². The molecule has 1 aromatic carbocycles. The van der Waals surface area contributed by atoms with E-state index >= 15 is 0 Å². The molecule has 1 aromatic heterocycles. The first kappa shape index (κ1) is 22.9. The van der Waals surface area contributed by atoms with Gasteiger partial charge in [-0.3, -0.25) is 4.99 Å². The fourth-order valence-electron chi connectivity index (χ4n) is 3.28. The van der Waals surface area contributed by atoms with Crippen LogP contribution in [0.25, 0.3) is 11.4 Å². The van der Waals surface area contributed by atoms with E-state index in [1.54, 1.807) is 26.3 Å². The van der Waals surface area contributed by atoms with Gasteiger partial charge in [0.1, 0.15) is 0 Å². The van der Waals surface area contributed by atoms with Crippen LogP contribution in [0.4, 0.5) is 0 Å². The van der Waals surface area contributed by atoms with Gasteiger partial charge in [-0.05, 0) is 37.6 Å². The molecule has 7 nitrogen and oxygen atoms in total. The third-order valence-corrected chi connectivity index (χ3v) is 6.04. The molecule has 1 aliphatic rings. The number of aliphatic imine (C=N–C) groups is 1.